The number of rotatable bonds is 1. The summed E-state index contributed by atoms with van der Waals surface area (Å²) in [5, 5.41) is 2.71. The summed E-state index contributed by atoms with van der Waals surface area (Å²) in [6, 6.07) is -0.397. The third-order valence-electron chi connectivity index (χ3n) is 2.60. The van der Waals surface area contributed by atoms with Crippen molar-refractivity contribution in [2.75, 3.05) is 13.2 Å². The van der Waals surface area contributed by atoms with Crippen molar-refractivity contribution in [3.05, 3.63) is 0 Å². The fourth-order valence-corrected chi connectivity index (χ4v) is 2.03. The highest BCUT2D eigenvalue weighted by molar-refractivity contribution is 5.82. The molecular weight excluding hydrogens is 243 g/mol. The van der Waals surface area contributed by atoms with E-state index in [1.165, 1.54) is 0 Å². The zero-order valence-electron chi connectivity index (χ0n) is 8.67. The van der Waals surface area contributed by atoms with Gasteiger partial charge in [-0.1, -0.05) is 0 Å². The molecule has 0 aromatic rings. The molecule has 5 nitrogen and oxygen atoms in total. The van der Waals surface area contributed by atoms with Crippen LogP contribution in [0.15, 0.2) is 0 Å². The van der Waals surface area contributed by atoms with E-state index in [1.54, 1.807) is 0 Å². The molecular formula is C9H10F3NO4. The van der Waals surface area contributed by atoms with Crippen molar-refractivity contribution >= 4 is 11.8 Å². The third kappa shape index (κ3) is 2.58. The Hall–Kier alpha value is -1.15. The summed E-state index contributed by atoms with van der Waals surface area (Å²) in [5.74, 6) is -2.56. The average Bonchev–Trinajstić information content (AvgIpc) is 2.14. The van der Waals surface area contributed by atoms with Crippen LogP contribution < -0.4 is 5.32 Å². The lowest BCUT2D eigenvalue weighted by molar-refractivity contribution is -0.232. The normalized spacial score (nSPS) is 33.4. The Balaban J connectivity index is 2.12. The Morgan fingerprint density at radius 2 is 2.24 bits per heavy atom. The minimum atomic E-state index is -5.08. The second-order valence-corrected chi connectivity index (χ2v) is 4.16. The van der Waals surface area contributed by atoms with Crippen LogP contribution in [0.5, 0.6) is 0 Å². The molecule has 2 aliphatic rings. The molecule has 2 atom stereocenters. The minimum Gasteiger partial charge on any atom is -0.434 e. The van der Waals surface area contributed by atoms with Gasteiger partial charge in [-0.2, -0.15) is 13.2 Å². The molecule has 2 unspecified atom stereocenters. The minimum absolute atomic E-state index is 0.172. The number of alkyl halides is 3. The van der Waals surface area contributed by atoms with E-state index < -0.39 is 23.9 Å². The fraction of sp³-hybridized carbons (Fsp3) is 0.778. The first-order chi connectivity index (χ1) is 7.81. The maximum atomic E-state index is 12.1. The maximum absolute atomic E-state index is 12.1. The summed E-state index contributed by atoms with van der Waals surface area (Å²) in [4.78, 5) is 22.1. The smallest absolute Gasteiger partial charge is 0.434 e. The van der Waals surface area contributed by atoms with Gasteiger partial charge < -0.3 is 9.47 Å². The number of carbonyl (C=O) groups is 2. The van der Waals surface area contributed by atoms with Gasteiger partial charge in [0.05, 0.1) is 13.0 Å². The van der Waals surface area contributed by atoms with Crippen molar-refractivity contribution in [1.82, 2.24) is 5.32 Å². The van der Waals surface area contributed by atoms with E-state index in [9.17, 15) is 22.8 Å². The summed E-state index contributed by atoms with van der Waals surface area (Å²) in [5.41, 5.74) is -1.66. The van der Waals surface area contributed by atoms with Crippen LogP contribution in [0.2, 0.25) is 0 Å². The summed E-state index contributed by atoms with van der Waals surface area (Å²) < 4.78 is 45.7. The van der Waals surface area contributed by atoms with Crippen LogP contribution >= 0.6 is 0 Å². The Morgan fingerprint density at radius 1 is 1.53 bits per heavy atom. The summed E-state index contributed by atoms with van der Waals surface area (Å²) in [7, 11) is 0. The lowest BCUT2D eigenvalue weighted by Crippen LogP contribution is -2.66. The van der Waals surface area contributed by atoms with Gasteiger partial charge in [0, 0.05) is 12.5 Å². The van der Waals surface area contributed by atoms with Crippen LogP contribution in [-0.2, 0) is 19.1 Å². The number of morpholine rings is 1. The first kappa shape index (κ1) is 12.3. The highest BCUT2D eigenvalue weighted by Gasteiger charge is 2.51. The van der Waals surface area contributed by atoms with E-state index in [4.69, 9.17) is 4.74 Å². The molecule has 2 heterocycles. The molecule has 0 aromatic heterocycles. The number of hydrogen-bond donors (Lipinski definition) is 1. The molecule has 96 valence electrons. The monoisotopic (exact) mass is 253 g/mol. The molecule has 2 rings (SSSR count). The first-order valence-electron chi connectivity index (χ1n) is 4.98. The SMILES string of the molecule is O=C1CC2COCC(OC(=O)C(F)(F)F)(C1)N2. The van der Waals surface area contributed by atoms with E-state index in [0.717, 1.165) is 0 Å². The Bertz CT molecular complexity index is 357. The van der Waals surface area contributed by atoms with Crippen LogP contribution in [0.4, 0.5) is 13.2 Å². The number of piperidine rings is 1. The van der Waals surface area contributed by atoms with Gasteiger partial charge in [0.2, 0.25) is 0 Å². The Morgan fingerprint density at radius 3 is 2.88 bits per heavy atom. The van der Waals surface area contributed by atoms with Crippen molar-refractivity contribution in [2.24, 2.45) is 0 Å². The molecule has 2 aliphatic heterocycles. The van der Waals surface area contributed by atoms with Crippen LogP contribution in [0.1, 0.15) is 12.8 Å². The Labute approximate surface area is 94.2 Å². The van der Waals surface area contributed by atoms with Crippen molar-refractivity contribution < 1.29 is 32.2 Å². The largest absolute Gasteiger partial charge is 0.490 e. The number of carbonyl (C=O) groups excluding carboxylic acids is 2. The molecule has 0 saturated carbocycles. The second-order valence-electron chi connectivity index (χ2n) is 4.16. The fourth-order valence-electron chi connectivity index (χ4n) is 2.03. The molecule has 0 aliphatic carbocycles. The van der Waals surface area contributed by atoms with Crippen molar-refractivity contribution in [1.29, 1.82) is 0 Å². The molecule has 2 fully saturated rings. The van der Waals surface area contributed by atoms with Gasteiger partial charge in [-0.3, -0.25) is 10.1 Å². The number of fused-ring (bicyclic) bond motifs is 2. The number of esters is 1. The van der Waals surface area contributed by atoms with Crippen LogP contribution in [0.3, 0.4) is 0 Å². The van der Waals surface area contributed by atoms with Crippen LogP contribution in [-0.4, -0.2) is 42.9 Å². The number of halogens is 3. The van der Waals surface area contributed by atoms with Crippen molar-refractivity contribution in [3.8, 4) is 0 Å². The standard InChI is InChI=1S/C9H10F3NO4/c10-9(11,12)7(15)17-8-2-6(14)1-5(13-8)3-16-4-8/h5,13H,1-4H2. The van der Waals surface area contributed by atoms with Crippen molar-refractivity contribution in [2.45, 2.75) is 30.8 Å². The topological polar surface area (TPSA) is 64.6 Å². The predicted molar refractivity (Wildman–Crippen MR) is 46.9 cm³/mol. The van der Waals surface area contributed by atoms with Gasteiger partial charge in [0.15, 0.2) is 5.72 Å². The molecule has 1 N–H and O–H groups in total. The van der Waals surface area contributed by atoms with Gasteiger partial charge in [0.25, 0.3) is 0 Å². The lowest BCUT2D eigenvalue weighted by atomic mass is 9.93. The van der Waals surface area contributed by atoms with Crippen LogP contribution in [0.25, 0.3) is 0 Å². The van der Waals surface area contributed by atoms with E-state index in [2.05, 4.69) is 10.1 Å². The highest BCUT2D eigenvalue weighted by Crippen LogP contribution is 2.29. The quantitative estimate of drug-likeness (QED) is 0.673. The van der Waals surface area contributed by atoms with Gasteiger partial charge in [-0.15, -0.1) is 0 Å². The number of hydrogen-bond acceptors (Lipinski definition) is 5. The number of ether oxygens (including phenoxy) is 2. The second kappa shape index (κ2) is 3.95. The Kier molecular flexibility index (Phi) is 2.86. The van der Waals surface area contributed by atoms with E-state index in [0.29, 0.717) is 0 Å². The zero-order chi connectivity index (χ0) is 12.7. The number of ketones is 1. The van der Waals surface area contributed by atoms with E-state index >= 15 is 0 Å². The lowest BCUT2D eigenvalue weighted by Gasteiger charge is -2.44. The summed E-state index contributed by atoms with van der Waals surface area (Å²) in [6.45, 7) is -0.0336. The third-order valence-corrected chi connectivity index (χ3v) is 2.60. The number of nitrogens with one attached hydrogen (secondary N) is 1. The van der Waals surface area contributed by atoms with Gasteiger partial charge >= 0.3 is 12.1 Å². The molecule has 2 bridgehead atoms. The molecule has 17 heavy (non-hydrogen) atoms. The zero-order valence-corrected chi connectivity index (χ0v) is 8.67. The van der Waals surface area contributed by atoms with Gasteiger partial charge in [-0.25, -0.2) is 4.79 Å². The maximum Gasteiger partial charge on any atom is 0.490 e. The molecule has 0 spiro atoms. The summed E-state index contributed by atoms with van der Waals surface area (Å²) >= 11 is 0. The van der Waals surface area contributed by atoms with E-state index in [1.807, 2.05) is 0 Å². The molecule has 2 saturated heterocycles. The van der Waals surface area contributed by atoms with E-state index in [-0.39, 0.29) is 31.8 Å². The highest BCUT2D eigenvalue weighted by atomic mass is 19.4. The molecule has 8 heteroatoms. The van der Waals surface area contributed by atoms with Gasteiger partial charge in [0.1, 0.15) is 12.4 Å². The summed E-state index contributed by atoms with van der Waals surface area (Å²) in [6.07, 6.45) is -5.21. The molecule has 0 aromatic carbocycles. The predicted octanol–water partition coefficient (Wildman–Crippen LogP) is 0.139. The van der Waals surface area contributed by atoms with Crippen LogP contribution in [0, 0.1) is 0 Å². The average molecular weight is 253 g/mol. The molecule has 0 amide bonds. The van der Waals surface area contributed by atoms with Crippen molar-refractivity contribution in [3.63, 3.8) is 0 Å². The molecule has 0 radical (unpaired) electrons. The van der Waals surface area contributed by atoms with Gasteiger partial charge in [-0.05, 0) is 0 Å². The first-order valence-corrected chi connectivity index (χ1v) is 4.98. The number of Topliss-reactive ketones (excluding diaryl/α,β-unsaturated/α-hetero) is 1.